The maximum absolute atomic E-state index is 13.3. The second-order valence-corrected chi connectivity index (χ2v) is 9.54. The van der Waals surface area contributed by atoms with E-state index in [4.69, 9.17) is 32.8 Å². The first kappa shape index (κ1) is 27.0. The van der Waals surface area contributed by atoms with Crippen molar-refractivity contribution >= 4 is 62.5 Å². The lowest BCUT2D eigenvalue weighted by molar-refractivity contribution is -0.142. The van der Waals surface area contributed by atoms with Gasteiger partial charge >= 0.3 is 0 Å². The van der Waals surface area contributed by atoms with Crippen molar-refractivity contribution < 1.29 is 24.0 Å². The Morgan fingerprint density at radius 2 is 1.92 bits per heavy atom. The molecule has 0 unspecified atom stereocenters. The molecular weight excluding hydrogens is 591 g/mol. The Labute approximate surface area is 230 Å². The first-order valence-electron chi connectivity index (χ1n) is 11.0. The Hall–Kier alpha value is -3.03. The number of morpholine rings is 1. The summed E-state index contributed by atoms with van der Waals surface area (Å²) in [6.07, 6.45) is 1.52. The van der Waals surface area contributed by atoms with E-state index in [1.165, 1.54) is 23.0 Å². The topological polar surface area (TPSA) is 128 Å². The molecule has 14 heteroatoms. The van der Waals surface area contributed by atoms with E-state index < -0.39 is 11.8 Å². The van der Waals surface area contributed by atoms with Crippen LogP contribution < -0.4 is 10.8 Å². The summed E-state index contributed by atoms with van der Waals surface area (Å²) in [6.45, 7) is 3.14. The van der Waals surface area contributed by atoms with Gasteiger partial charge in [0.15, 0.2) is 12.4 Å². The fraction of sp³-hybridized carbons (Fsp3) is 0.261. The second kappa shape index (κ2) is 12.0. The average molecular weight is 612 g/mol. The summed E-state index contributed by atoms with van der Waals surface area (Å²) in [5, 5.41) is 7.56. The fourth-order valence-electron chi connectivity index (χ4n) is 3.60. The minimum Gasteiger partial charge on any atom is -0.378 e. The van der Waals surface area contributed by atoms with Gasteiger partial charge in [-0.15, -0.1) is 0 Å². The number of hydroxylamine groups is 1. The summed E-state index contributed by atoms with van der Waals surface area (Å²) in [5.41, 5.74) is 3.12. The largest absolute Gasteiger partial charge is 0.378 e. The van der Waals surface area contributed by atoms with Gasteiger partial charge in [0.1, 0.15) is 10.3 Å². The second-order valence-electron chi connectivity index (χ2n) is 7.89. The van der Waals surface area contributed by atoms with E-state index in [0.29, 0.717) is 41.5 Å². The molecule has 4 rings (SSSR count). The number of halogens is 3. The lowest BCUT2D eigenvalue weighted by atomic mass is 10.1. The smallest absolute Gasteiger partial charge is 0.277 e. The molecule has 0 saturated carbocycles. The molecule has 1 saturated heterocycles. The van der Waals surface area contributed by atoms with Crippen LogP contribution in [0.1, 0.15) is 26.4 Å². The highest BCUT2D eigenvalue weighted by molar-refractivity contribution is 9.10. The Balaban J connectivity index is 1.52. The highest BCUT2D eigenvalue weighted by Crippen LogP contribution is 2.27. The van der Waals surface area contributed by atoms with E-state index in [1.54, 1.807) is 30.0 Å². The Morgan fingerprint density at radius 3 is 2.65 bits per heavy atom. The summed E-state index contributed by atoms with van der Waals surface area (Å²) in [6, 6.07) is 7.75. The van der Waals surface area contributed by atoms with Crippen LogP contribution in [0.5, 0.6) is 0 Å². The molecule has 1 aliphatic heterocycles. The number of anilines is 1. The molecule has 0 bridgehead atoms. The molecule has 3 amide bonds. The number of nitrogens with one attached hydrogen (secondary N) is 2. The molecule has 11 nitrogen and oxygen atoms in total. The first-order chi connectivity index (χ1) is 17.7. The van der Waals surface area contributed by atoms with E-state index in [-0.39, 0.29) is 40.3 Å². The number of carbonyl (C=O) groups excluding carboxylic acids is 3. The predicted octanol–water partition coefficient (Wildman–Crippen LogP) is 3.42. The van der Waals surface area contributed by atoms with Gasteiger partial charge in [-0.2, -0.15) is 5.10 Å². The number of aromatic nitrogens is 3. The molecule has 0 atom stereocenters. The van der Waals surface area contributed by atoms with Crippen LogP contribution in [0.4, 0.5) is 5.69 Å². The lowest BCUT2D eigenvalue weighted by Crippen LogP contribution is -2.43. The standard InChI is InChI=1S/C23H21BrCl2N6O5/c1-13-9-14(25)10-15(22(34)30-37-12-19(33)31-5-7-36-8-6-31)20(13)28-23(35)17-11-18(24)29-32(17)21-16(26)3-2-4-27-21/h2-4,9-11H,5-8,12H2,1H3,(H,28,35)(H,30,34). The van der Waals surface area contributed by atoms with Gasteiger partial charge in [-0.05, 0) is 52.7 Å². The van der Waals surface area contributed by atoms with Gasteiger partial charge in [-0.1, -0.05) is 23.2 Å². The van der Waals surface area contributed by atoms with Gasteiger partial charge in [0.2, 0.25) is 0 Å². The highest BCUT2D eigenvalue weighted by Gasteiger charge is 2.23. The van der Waals surface area contributed by atoms with E-state index in [0.717, 1.165) is 0 Å². The number of hydrogen-bond donors (Lipinski definition) is 2. The minimum atomic E-state index is -0.696. The quantitative estimate of drug-likeness (QED) is 0.392. The van der Waals surface area contributed by atoms with Gasteiger partial charge in [-0.25, -0.2) is 15.1 Å². The average Bonchev–Trinajstić information content (AvgIpc) is 3.27. The Bertz CT molecular complexity index is 1350. The summed E-state index contributed by atoms with van der Waals surface area (Å²) in [5.74, 6) is -1.31. The number of benzene rings is 1. The van der Waals surface area contributed by atoms with Crippen molar-refractivity contribution in [1.29, 1.82) is 0 Å². The molecule has 1 fully saturated rings. The molecule has 1 aromatic carbocycles. The number of nitrogens with zero attached hydrogens (tertiary/aromatic N) is 4. The molecule has 0 radical (unpaired) electrons. The number of hydrogen-bond acceptors (Lipinski definition) is 7. The molecule has 2 N–H and O–H groups in total. The van der Waals surface area contributed by atoms with E-state index in [2.05, 4.69) is 36.8 Å². The summed E-state index contributed by atoms with van der Waals surface area (Å²) in [4.78, 5) is 49.4. The third kappa shape index (κ3) is 6.46. The van der Waals surface area contributed by atoms with Crippen molar-refractivity contribution in [3.05, 3.63) is 68.0 Å². The van der Waals surface area contributed by atoms with Crippen molar-refractivity contribution in [2.75, 3.05) is 38.2 Å². The maximum atomic E-state index is 13.3. The van der Waals surface area contributed by atoms with Crippen molar-refractivity contribution in [2.24, 2.45) is 0 Å². The monoisotopic (exact) mass is 610 g/mol. The van der Waals surface area contributed by atoms with Crippen LogP contribution in [0.25, 0.3) is 5.82 Å². The summed E-state index contributed by atoms with van der Waals surface area (Å²) < 4.78 is 6.88. The van der Waals surface area contributed by atoms with Crippen LogP contribution in [0.15, 0.2) is 41.1 Å². The van der Waals surface area contributed by atoms with Crippen molar-refractivity contribution in [2.45, 2.75) is 6.92 Å². The van der Waals surface area contributed by atoms with Crippen LogP contribution in [-0.4, -0.2) is 70.3 Å². The number of aryl methyl sites for hydroxylation is 1. The van der Waals surface area contributed by atoms with Gasteiger partial charge in [0.25, 0.3) is 17.7 Å². The van der Waals surface area contributed by atoms with Crippen molar-refractivity contribution in [3.8, 4) is 5.82 Å². The SMILES string of the molecule is Cc1cc(Cl)cc(C(=O)NOCC(=O)N2CCOCC2)c1NC(=O)c1cc(Br)nn1-c1ncccc1Cl. The van der Waals surface area contributed by atoms with Gasteiger partial charge in [0, 0.05) is 30.4 Å². The van der Waals surface area contributed by atoms with E-state index >= 15 is 0 Å². The zero-order valence-corrected chi connectivity index (χ0v) is 22.6. The van der Waals surface area contributed by atoms with Crippen LogP contribution in [-0.2, 0) is 14.4 Å². The third-order valence-corrected chi connectivity index (χ3v) is 6.26. The van der Waals surface area contributed by atoms with Crippen LogP contribution in [0.3, 0.4) is 0 Å². The van der Waals surface area contributed by atoms with Crippen molar-refractivity contribution in [3.63, 3.8) is 0 Å². The van der Waals surface area contributed by atoms with E-state index in [9.17, 15) is 14.4 Å². The summed E-state index contributed by atoms with van der Waals surface area (Å²) in [7, 11) is 0. The molecule has 0 spiro atoms. The van der Waals surface area contributed by atoms with Crippen LogP contribution in [0.2, 0.25) is 10.0 Å². The number of amides is 3. The van der Waals surface area contributed by atoms with Gasteiger partial charge in [0.05, 0.1) is 29.5 Å². The molecule has 2 aromatic heterocycles. The van der Waals surface area contributed by atoms with Crippen LogP contribution >= 0.6 is 39.1 Å². The Morgan fingerprint density at radius 1 is 1.16 bits per heavy atom. The number of pyridine rings is 1. The molecule has 3 aromatic rings. The van der Waals surface area contributed by atoms with Gasteiger partial charge in [-0.3, -0.25) is 19.2 Å². The zero-order chi connectivity index (χ0) is 26.5. The van der Waals surface area contributed by atoms with Crippen molar-refractivity contribution in [1.82, 2.24) is 25.1 Å². The molecule has 0 aliphatic carbocycles. The Kier molecular flexibility index (Phi) is 8.77. The number of ether oxygens (including phenoxy) is 1. The normalized spacial score (nSPS) is 13.4. The lowest BCUT2D eigenvalue weighted by Gasteiger charge is -2.26. The number of rotatable bonds is 7. The highest BCUT2D eigenvalue weighted by atomic mass is 79.9. The fourth-order valence-corrected chi connectivity index (χ4v) is 4.45. The molecule has 1 aliphatic rings. The van der Waals surface area contributed by atoms with Crippen LogP contribution in [0, 0.1) is 6.92 Å². The molecule has 3 heterocycles. The number of carbonyl (C=O) groups is 3. The van der Waals surface area contributed by atoms with Gasteiger partial charge < -0.3 is 15.0 Å². The molecule has 37 heavy (non-hydrogen) atoms. The van der Waals surface area contributed by atoms with E-state index in [1.807, 2.05) is 0 Å². The minimum absolute atomic E-state index is 0.0400. The molecule has 194 valence electrons. The molecular formula is C23H21BrCl2N6O5. The zero-order valence-electron chi connectivity index (χ0n) is 19.5. The predicted molar refractivity (Wildman–Crippen MR) is 139 cm³/mol. The first-order valence-corrected chi connectivity index (χ1v) is 12.5. The summed E-state index contributed by atoms with van der Waals surface area (Å²) >= 11 is 15.7. The third-order valence-electron chi connectivity index (χ3n) is 5.36. The maximum Gasteiger partial charge on any atom is 0.277 e.